The zero-order valence-corrected chi connectivity index (χ0v) is 19.0. The van der Waals surface area contributed by atoms with Crippen LogP contribution in [0.25, 0.3) is 11.4 Å². The molecule has 0 aliphatic rings. The van der Waals surface area contributed by atoms with Crippen LogP contribution in [0, 0.1) is 6.92 Å². The van der Waals surface area contributed by atoms with Gasteiger partial charge in [-0.2, -0.15) is 9.67 Å². The van der Waals surface area contributed by atoms with Gasteiger partial charge in [0.25, 0.3) is 5.91 Å². The van der Waals surface area contributed by atoms with Gasteiger partial charge in [-0.05, 0) is 42.8 Å². The molecule has 0 bridgehead atoms. The molecule has 1 aromatic heterocycles. The molecule has 0 aliphatic carbocycles. The zero-order chi connectivity index (χ0) is 22.7. The Morgan fingerprint density at radius 1 is 1.03 bits per heavy atom. The van der Waals surface area contributed by atoms with E-state index >= 15 is 0 Å². The summed E-state index contributed by atoms with van der Waals surface area (Å²) in [6.45, 7) is 2.52. The van der Waals surface area contributed by atoms with Crippen LogP contribution in [0.4, 0.5) is 11.6 Å². The summed E-state index contributed by atoms with van der Waals surface area (Å²) in [7, 11) is 4.01. The predicted octanol–water partition coefficient (Wildman–Crippen LogP) is 5.27. The largest absolute Gasteiger partial charge is 0.378 e. The van der Waals surface area contributed by atoms with Gasteiger partial charge in [-0.3, -0.25) is 4.79 Å². The minimum absolute atomic E-state index is 0.302. The molecule has 32 heavy (non-hydrogen) atoms. The standard InChI is InChI=1S/C25H24ClN5O/c1-17-7-11-19(12-8-17)23-28-25(27-16-18-9-13-22(14-10-18)30(2)3)31(29-23)24(32)20-5-4-6-21(26)15-20/h4-15H,16H2,1-3H3,(H,27,28,29). The number of aryl methyl sites for hydroxylation is 1. The van der Waals surface area contributed by atoms with E-state index in [1.807, 2.05) is 62.3 Å². The van der Waals surface area contributed by atoms with Crippen LogP contribution in [0.5, 0.6) is 0 Å². The van der Waals surface area contributed by atoms with Gasteiger partial charge in [0.05, 0.1) is 0 Å². The van der Waals surface area contributed by atoms with Crippen molar-refractivity contribution in [3.63, 3.8) is 0 Å². The fraction of sp³-hybridized carbons (Fsp3) is 0.160. The Bertz CT molecular complexity index is 1230. The average Bonchev–Trinajstić information content (AvgIpc) is 3.22. The summed E-state index contributed by atoms with van der Waals surface area (Å²) in [6.07, 6.45) is 0. The number of hydrogen-bond acceptors (Lipinski definition) is 5. The molecule has 0 spiro atoms. The van der Waals surface area contributed by atoms with E-state index in [4.69, 9.17) is 11.6 Å². The highest BCUT2D eigenvalue weighted by Gasteiger charge is 2.19. The van der Waals surface area contributed by atoms with Crippen LogP contribution in [-0.4, -0.2) is 34.8 Å². The van der Waals surface area contributed by atoms with E-state index in [1.165, 1.54) is 4.68 Å². The molecule has 0 saturated carbocycles. The van der Waals surface area contributed by atoms with E-state index < -0.39 is 0 Å². The third-order valence-electron chi connectivity index (χ3n) is 5.08. The van der Waals surface area contributed by atoms with E-state index in [0.717, 1.165) is 22.4 Å². The number of halogens is 1. The third-order valence-corrected chi connectivity index (χ3v) is 5.32. The quantitative estimate of drug-likeness (QED) is 0.437. The van der Waals surface area contributed by atoms with Crippen molar-refractivity contribution in [2.45, 2.75) is 13.5 Å². The van der Waals surface area contributed by atoms with Gasteiger partial charge in [0, 0.05) is 42.5 Å². The van der Waals surface area contributed by atoms with Gasteiger partial charge in [0.2, 0.25) is 5.95 Å². The molecule has 0 atom stereocenters. The fourth-order valence-electron chi connectivity index (χ4n) is 3.23. The molecule has 0 aliphatic heterocycles. The number of carbonyl (C=O) groups excluding carboxylic acids is 1. The van der Waals surface area contributed by atoms with Gasteiger partial charge in [-0.25, -0.2) is 0 Å². The van der Waals surface area contributed by atoms with Crippen molar-refractivity contribution in [3.8, 4) is 11.4 Å². The number of hydrogen-bond donors (Lipinski definition) is 1. The Hall–Kier alpha value is -3.64. The second-order valence-electron chi connectivity index (χ2n) is 7.77. The van der Waals surface area contributed by atoms with Crippen molar-refractivity contribution in [2.75, 3.05) is 24.3 Å². The molecule has 0 saturated heterocycles. The predicted molar refractivity (Wildman–Crippen MR) is 129 cm³/mol. The first-order chi connectivity index (χ1) is 15.4. The van der Waals surface area contributed by atoms with Gasteiger partial charge in [-0.1, -0.05) is 59.6 Å². The van der Waals surface area contributed by atoms with Gasteiger partial charge >= 0.3 is 0 Å². The Labute approximate surface area is 192 Å². The van der Waals surface area contributed by atoms with Crippen molar-refractivity contribution < 1.29 is 4.79 Å². The van der Waals surface area contributed by atoms with Crippen molar-refractivity contribution in [1.82, 2.24) is 14.8 Å². The van der Waals surface area contributed by atoms with Crippen molar-refractivity contribution in [3.05, 3.63) is 94.5 Å². The summed E-state index contributed by atoms with van der Waals surface area (Å²) in [6, 6.07) is 22.9. The molecule has 4 aromatic rings. The summed E-state index contributed by atoms with van der Waals surface area (Å²) in [5, 5.41) is 8.27. The Kier molecular flexibility index (Phi) is 6.23. The van der Waals surface area contributed by atoms with Crippen LogP contribution in [0.2, 0.25) is 5.02 Å². The van der Waals surface area contributed by atoms with Crippen LogP contribution >= 0.6 is 11.6 Å². The summed E-state index contributed by atoms with van der Waals surface area (Å²) in [5.74, 6) is 0.553. The maximum absolute atomic E-state index is 13.2. The second-order valence-corrected chi connectivity index (χ2v) is 8.20. The molecular weight excluding hydrogens is 422 g/mol. The summed E-state index contributed by atoms with van der Waals surface area (Å²) in [5.41, 5.74) is 4.61. The molecule has 162 valence electrons. The zero-order valence-electron chi connectivity index (χ0n) is 18.2. The number of nitrogens with one attached hydrogen (secondary N) is 1. The average molecular weight is 446 g/mol. The first kappa shape index (κ1) is 21.6. The molecule has 0 radical (unpaired) electrons. The Morgan fingerprint density at radius 2 is 1.75 bits per heavy atom. The van der Waals surface area contributed by atoms with Gasteiger partial charge in [-0.15, -0.1) is 5.10 Å². The monoisotopic (exact) mass is 445 g/mol. The van der Waals surface area contributed by atoms with Gasteiger partial charge in [0.15, 0.2) is 5.82 Å². The smallest absolute Gasteiger partial charge is 0.281 e. The lowest BCUT2D eigenvalue weighted by molar-refractivity contribution is 0.0947. The van der Waals surface area contributed by atoms with E-state index in [-0.39, 0.29) is 5.91 Å². The molecule has 4 rings (SSSR count). The summed E-state index contributed by atoms with van der Waals surface area (Å²) >= 11 is 6.09. The summed E-state index contributed by atoms with van der Waals surface area (Å²) in [4.78, 5) is 19.9. The van der Waals surface area contributed by atoms with Crippen LogP contribution in [0.15, 0.2) is 72.8 Å². The number of rotatable bonds is 6. The maximum Gasteiger partial charge on any atom is 0.281 e. The molecule has 0 unspecified atom stereocenters. The molecular formula is C25H24ClN5O. The number of carbonyl (C=O) groups is 1. The highest BCUT2D eigenvalue weighted by Crippen LogP contribution is 2.21. The van der Waals surface area contributed by atoms with Crippen molar-refractivity contribution >= 4 is 29.1 Å². The normalized spacial score (nSPS) is 10.8. The molecule has 7 heteroatoms. The Balaban J connectivity index is 1.65. The lowest BCUT2D eigenvalue weighted by Crippen LogP contribution is -2.17. The second kappa shape index (κ2) is 9.24. The van der Waals surface area contributed by atoms with Crippen LogP contribution in [-0.2, 0) is 6.54 Å². The van der Waals surface area contributed by atoms with E-state index in [1.54, 1.807) is 24.3 Å². The third kappa shape index (κ3) is 4.81. The SMILES string of the molecule is Cc1ccc(-c2nc(NCc3ccc(N(C)C)cc3)n(C(=O)c3cccc(Cl)c3)n2)cc1. The highest BCUT2D eigenvalue weighted by atomic mass is 35.5. The fourth-order valence-corrected chi connectivity index (χ4v) is 3.42. The number of aromatic nitrogens is 3. The molecule has 3 aromatic carbocycles. The lowest BCUT2D eigenvalue weighted by Gasteiger charge is -2.13. The van der Waals surface area contributed by atoms with Crippen molar-refractivity contribution in [2.24, 2.45) is 0 Å². The van der Waals surface area contributed by atoms with E-state index in [2.05, 4.69) is 27.5 Å². The van der Waals surface area contributed by atoms with Gasteiger partial charge in [0.1, 0.15) is 0 Å². The minimum atomic E-state index is -0.302. The number of nitrogens with zero attached hydrogens (tertiary/aromatic N) is 4. The molecule has 0 fully saturated rings. The first-order valence-corrected chi connectivity index (χ1v) is 10.6. The minimum Gasteiger partial charge on any atom is -0.378 e. The van der Waals surface area contributed by atoms with E-state index in [9.17, 15) is 4.79 Å². The summed E-state index contributed by atoms with van der Waals surface area (Å²) < 4.78 is 1.30. The number of benzene rings is 3. The Morgan fingerprint density at radius 3 is 2.41 bits per heavy atom. The first-order valence-electron chi connectivity index (χ1n) is 10.3. The van der Waals surface area contributed by atoms with Crippen LogP contribution in [0.1, 0.15) is 21.5 Å². The van der Waals surface area contributed by atoms with E-state index in [0.29, 0.717) is 28.9 Å². The van der Waals surface area contributed by atoms with Crippen LogP contribution < -0.4 is 10.2 Å². The van der Waals surface area contributed by atoms with Crippen molar-refractivity contribution in [1.29, 1.82) is 0 Å². The van der Waals surface area contributed by atoms with Gasteiger partial charge < -0.3 is 10.2 Å². The molecule has 1 N–H and O–H groups in total. The molecule has 6 nitrogen and oxygen atoms in total. The topological polar surface area (TPSA) is 63.1 Å². The maximum atomic E-state index is 13.2. The van der Waals surface area contributed by atoms with Crippen LogP contribution in [0.3, 0.4) is 0 Å². The molecule has 0 amide bonds. The number of anilines is 2. The highest BCUT2D eigenvalue weighted by molar-refractivity contribution is 6.31. The molecule has 1 heterocycles. The lowest BCUT2D eigenvalue weighted by atomic mass is 10.1.